The van der Waals surface area contributed by atoms with E-state index in [0.717, 1.165) is 5.75 Å². The quantitative estimate of drug-likeness (QED) is 0.724. The van der Waals surface area contributed by atoms with Crippen molar-refractivity contribution in [2.45, 2.75) is 19.4 Å². The number of rotatable bonds is 9. The molecule has 21 heavy (non-hydrogen) atoms. The maximum absolute atomic E-state index is 11.9. The Labute approximate surface area is 129 Å². The predicted octanol–water partition coefficient (Wildman–Crippen LogP) is 1.44. The highest BCUT2D eigenvalue weighted by Gasteiger charge is 2.19. The summed E-state index contributed by atoms with van der Waals surface area (Å²) in [7, 11) is 0. The zero-order valence-corrected chi connectivity index (χ0v) is 13.2. The molecule has 1 aromatic rings. The number of benzene rings is 1. The van der Waals surface area contributed by atoms with Crippen molar-refractivity contribution >= 4 is 23.6 Å². The molecule has 1 rings (SSSR count). The van der Waals surface area contributed by atoms with Gasteiger partial charge in [-0.2, -0.15) is 11.8 Å². The van der Waals surface area contributed by atoms with Crippen LogP contribution < -0.4 is 15.4 Å². The van der Waals surface area contributed by atoms with Gasteiger partial charge in [0, 0.05) is 6.54 Å². The lowest BCUT2D eigenvalue weighted by molar-refractivity contribution is -0.130. The highest BCUT2D eigenvalue weighted by atomic mass is 32.2. The van der Waals surface area contributed by atoms with Crippen LogP contribution in [0.4, 0.5) is 0 Å². The number of carbonyl (C=O) groups excluding carboxylic acids is 2. The molecule has 0 spiro atoms. The second-order valence-corrected chi connectivity index (χ2v) is 5.38. The second kappa shape index (κ2) is 10.1. The minimum Gasteiger partial charge on any atom is -0.484 e. The first kappa shape index (κ1) is 17.4. The smallest absolute Gasteiger partial charge is 0.258 e. The molecule has 6 heteroatoms. The van der Waals surface area contributed by atoms with Gasteiger partial charge < -0.3 is 15.4 Å². The Morgan fingerprint density at radius 2 is 2.00 bits per heavy atom. The molecular formula is C15H22N2O3S. The highest BCUT2D eigenvalue weighted by Crippen LogP contribution is 2.08. The standard InChI is InChI=1S/C15H22N2O3S/c1-3-16-15(19)13(9-10-21-2)17-14(18)11-20-12-7-5-4-6-8-12/h4-8,13H,3,9-11H2,1-2H3,(H,16,19)(H,17,18)/t13-/m1/s1. The van der Waals surface area contributed by atoms with E-state index in [4.69, 9.17) is 4.74 Å². The van der Waals surface area contributed by atoms with E-state index in [1.54, 1.807) is 23.9 Å². The zero-order valence-electron chi connectivity index (χ0n) is 12.4. The van der Waals surface area contributed by atoms with E-state index in [0.29, 0.717) is 18.7 Å². The van der Waals surface area contributed by atoms with Crippen molar-refractivity contribution in [3.05, 3.63) is 30.3 Å². The number of carbonyl (C=O) groups is 2. The van der Waals surface area contributed by atoms with Gasteiger partial charge in [0.05, 0.1) is 0 Å². The third-order valence-corrected chi connectivity index (χ3v) is 3.37. The summed E-state index contributed by atoms with van der Waals surface area (Å²) >= 11 is 1.64. The molecule has 2 N–H and O–H groups in total. The molecule has 1 aromatic carbocycles. The molecule has 5 nitrogen and oxygen atoms in total. The van der Waals surface area contributed by atoms with Crippen LogP contribution in [0, 0.1) is 0 Å². The minimum atomic E-state index is -0.510. The summed E-state index contributed by atoms with van der Waals surface area (Å²) in [5.74, 6) is 0.990. The predicted molar refractivity (Wildman–Crippen MR) is 85.6 cm³/mol. The van der Waals surface area contributed by atoms with Gasteiger partial charge in [-0.3, -0.25) is 9.59 Å². The van der Waals surface area contributed by atoms with Crippen LogP contribution in [0.5, 0.6) is 5.75 Å². The van der Waals surface area contributed by atoms with E-state index in [1.165, 1.54) is 0 Å². The molecule has 0 heterocycles. The summed E-state index contributed by atoms with van der Waals surface area (Å²) in [4.78, 5) is 23.8. The molecule has 0 aliphatic carbocycles. The summed E-state index contributed by atoms with van der Waals surface area (Å²) in [6.45, 7) is 2.30. The summed E-state index contributed by atoms with van der Waals surface area (Å²) in [6.07, 6.45) is 2.57. The third kappa shape index (κ3) is 7.04. The first-order chi connectivity index (χ1) is 10.2. The van der Waals surface area contributed by atoms with Crippen LogP contribution in [-0.4, -0.2) is 43.0 Å². The molecule has 2 amide bonds. The number of likely N-dealkylation sites (N-methyl/N-ethyl adjacent to an activating group) is 1. The SMILES string of the molecule is CCNC(=O)[C@@H](CCSC)NC(=O)COc1ccccc1. The summed E-state index contributed by atoms with van der Waals surface area (Å²) in [6, 6.07) is 8.60. The normalized spacial score (nSPS) is 11.5. The molecule has 0 bridgehead atoms. The molecular weight excluding hydrogens is 288 g/mol. The van der Waals surface area contributed by atoms with Gasteiger partial charge in [-0.15, -0.1) is 0 Å². The maximum Gasteiger partial charge on any atom is 0.258 e. The van der Waals surface area contributed by atoms with Crippen molar-refractivity contribution in [1.82, 2.24) is 10.6 Å². The van der Waals surface area contributed by atoms with Crippen LogP contribution in [0.25, 0.3) is 0 Å². The summed E-state index contributed by atoms with van der Waals surface area (Å²) in [5, 5.41) is 5.45. The van der Waals surface area contributed by atoms with Gasteiger partial charge >= 0.3 is 0 Å². The molecule has 0 saturated carbocycles. The Kier molecular flexibility index (Phi) is 8.35. The topological polar surface area (TPSA) is 67.4 Å². The van der Waals surface area contributed by atoms with Crippen molar-refractivity contribution in [2.24, 2.45) is 0 Å². The fourth-order valence-corrected chi connectivity index (χ4v) is 2.17. The first-order valence-electron chi connectivity index (χ1n) is 6.91. The number of hydrogen-bond acceptors (Lipinski definition) is 4. The number of hydrogen-bond donors (Lipinski definition) is 2. The van der Waals surface area contributed by atoms with Gasteiger partial charge in [0.2, 0.25) is 5.91 Å². The fourth-order valence-electron chi connectivity index (χ4n) is 1.70. The van der Waals surface area contributed by atoms with Crippen LogP contribution in [0.2, 0.25) is 0 Å². The van der Waals surface area contributed by atoms with Gasteiger partial charge in [-0.25, -0.2) is 0 Å². The van der Waals surface area contributed by atoms with Crippen molar-refractivity contribution in [1.29, 1.82) is 0 Å². The molecule has 0 aliphatic heterocycles. The average Bonchev–Trinajstić information content (AvgIpc) is 2.50. The zero-order chi connectivity index (χ0) is 15.5. The average molecular weight is 310 g/mol. The van der Waals surface area contributed by atoms with Crippen LogP contribution in [0.1, 0.15) is 13.3 Å². The molecule has 0 saturated heterocycles. The number of nitrogens with one attached hydrogen (secondary N) is 2. The Balaban J connectivity index is 2.45. The third-order valence-electron chi connectivity index (χ3n) is 2.73. The Morgan fingerprint density at radius 1 is 1.29 bits per heavy atom. The van der Waals surface area contributed by atoms with E-state index in [9.17, 15) is 9.59 Å². The maximum atomic E-state index is 11.9. The number of para-hydroxylation sites is 1. The largest absolute Gasteiger partial charge is 0.484 e. The number of thioether (sulfide) groups is 1. The molecule has 0 fully saturated rings. The summed E-state index contributed by atoms with van der Waals surface area (Å²) in [5.41, 5.74) is 0. The van der Waals surface area contributed by atoms with Crippen molar-refractivity contribution in [3.63, 3.8) is 0 Å². The number of amides is 2. The van der Waals surface area contributed by atoms with E-state index in [2.05, 4.69) is 10.6 Å². The van der Waals surface area contributed by atoms with Gasteiger partial charge in [0.1, 0.15) is 11.8 Å². The van der Waals surface area contributed by atoms with Gasteiger partial charge in [-0.05, 0) is 37.5 Å². The van der Waals surface area contributed by atoms with Crippen LogP contribution in [0.3, 0.4) is 0 Å². The molecule has 0 unspecified atom stereocenters. The molecule has 0 aromatic heterocycles. The van der Waals surface area contributed by atoms with Gasteiger partial charge in [0.15, 0.2) is 6.61 Å². The molecule has 1 atom stereocenters. The molecule has 0 aliphatic rings. The molecule has 116 valence electrons. The van der Waals surface area contributed by atoms with Crippen LogP contribution in [0.15, 0.2) is 30.3 Å². The highest BCUT2D eigenvalue weighted by molar-refractivity contribution is 7.98. The van der Waals surface area contributed by atoms with Gasteiger partial charge in [-0.1, -0.05) is 18.2 Å². The van der Waals surface area contributed by atoms with Crippen molar-refractivity contribution in [3.8, 4) is 5.75 Å². The van der Waals surface area contributed by atoms with Crippen LogP contribution in [-0.2, 0) is 9.59 Å². The lowest BCUT2D eigenvalue weighted by Gasteiger charge is -2.17. The van der Waals surface area contributed by atoms with E-state index < -0.39 is 6.04 Å². The molecule has 0 radical (unpaired) electrons. The number of ether oxygens (including phenoxy) is 1. The van der Waals surface area contributed by atoms with Crippen LogP contribution >= 0.6 is 11.8 Å². The lowest BCUT2D eigenvalue weighted by atomic mass is 10.2. The Morgan fingerprint density at radius 3 is 2.62 bits per heavy atom. The first-order valence-corrected chi connectivity index (χ1v) is 8.30. The van der Waals surface area contributed by atoms with Crippen molar-refractivity contribution < 1.29 is 14.3 Å². The minimum absolute atomic E-state index is 0.0980. The Hall–Kier alpha value is -1.69. The fraction of sp³-hybridized carbons (Fsp3) is 0.467. The Bertz CT molecular complexity index is 440. The summed E-state index contributed by atoms with van der Waals surface area (Å²) < 4.78 is 5.36. The monoisotopic (exact) mass is 310 g/mol. The van der Waals surface area contributed by atoms with Gasteiger partial charge in [0.25, 0.3) is 5.91 Å². The van der Waals surface area contributed by atoms with Crippen molar-refractivity contribution in [2.75, 3.05) is 25.2 Å². The second-order valence-electron chi connectivity index (χ2n) is 4.40. The lowest BCUT2D eigenvalue weighted by Crippen LogP contribution is -2.48. The van der Waals surface area contributed by atoms with E-state index >= 15 is 0 Å². The van der Waals surface area contributed by atoms with E-state index in [1.807, 2.05) is 31.4 Å². The van der Waals surface area contributed by atoms with E-state index in [-0.39, 0.29) is 18.4 Å².